The van der Waals surface area contributed by atoms with Crippen molar-refractivity contribution in [2.24, 2.45) is 0 Å². The molecule has 1 saturated heterocycles. The summed E-state index contributed by atoms with van der Waals surface area (Å²) in [5.74, 6) is 0.804. The maximum Gasteiger partial charge on any atom is 0.410 e. The van der Waals surface area contributed by atoms with E-state index in [1.165, 1.54) is 0 Å². The molecule has 9 nitrogen and oxygen atoms in total. The maximum atomic E-state index is 13.2. The summed E-state index contributed by atoms with van der Waals surface area (Å²) in [4.78, 5) is 31.9. The van der Waals surface area contributed by atoms with E-state index in [1.807, 2.05) is 93.6 Å². The van der Waals surface area contributed by atoms with Crippen molar-refractivity contribution in [3.63, 3.8) is 0 Å². The van der Waals surface area contributed by atoms with E-state index < -0.39 is 5.60 Å². The molecule has 0 bridgehead atoms. The number of likely N-dealkylation sites (tertiary alicyclic amines) is 1. The Bertz CT molecular complexity index is 1560. The average molecular weight is 583 g/mol. The topological polar surface area (TPSA) is 94.9 Å². The molecule has 2 aromatic heterocycles. The van der Waals surface area contributed by atoms with Crippen molar-refractivity contribution in [2.75, 3.05) is 18.4 Å². The first-order chi connectivity index (χ1) is 20.7. The Kier molecular flexibility index (Phi) is 9.29. The Hall–Kier alpha value is -4.79. The molecule has 0 radical (unpaired) electrons. The summed E-state index contributed by atoms with van der Waals surface area (Å²) in [5.41, 5.74) is 2.62. The molecule has 3 heterocycles. The molecule has 224 valence electrons. The molecule has 1 N–H and O–H groups in total. The first-order valence-electron chi connectivity index (χ1n) is 14.6. The zero-order valence-electron chi connectivity index (χ0n) is 24.9. The minimum Gasteiger partial charge on any atom is -0.473 e. The summed E-state index contributed by atoms with van der Waals surface area (Å²) in [6.45, 7) is 7.36. The van der Waals surface area contributed by atoms with Crippen LogP contribution in [0.5, 0.6) is 11.8 Å². The largest absolute Gasteiger partial charge is 0.473 e. The molecular formula is C34H38N4O5. The molecular weight excluding hydrogens is 544 g/mol. The minimum absolute atomic E-state index is 0.00715. The van der Waals surface area contributed by atoms with Crippen LogP contribution in [0.3, 0.4) is 0 Å². The summed E-state index contributed by atoms with van der Waals surface area (Å²) < 4.78 is 19.3. The number of pyridine rings is 2. The summed E-state index contributed by atoms with van der Waals surface area (Å²) in [7, 11) is 0. The van der Waals surface area contributed by atoms with Crippen LogP contribution >= 0.6 is 0 Å². The van der Waals surface area contributed by atoms with Gasteiger partial charge in [-0.1, -0.05) is 60.7 Å². The number of carbonyl (C=O) groups is 1. The second kappa shape index (κ2) is 13.5. The Morgan fingerprint density at radius 1 is 0.884 bits per heavy atom. The molecule has 4 aromatic rings. The molecule has 5 rings (SSSR count). The van der Waals surface area contributed by atoms with Gasteiger partial charge in [-0.05, 0) is 56.9 Å². The third kappa shape index (κ3) is 8.38. The van der Waals surface area contributed by atoms with Gasteiger partial charge in [-0.25, -0.2) is 4.79 Å². The van der Waals surface area contributed by atoms with Crippen LogP contribution in [0, 0.1) is 0 Å². The molecule has 1 aliphatic heterocycles. The fourth-order valence-corrected chi connectivity index (χ4v) is 4.84. The standard InChI is InChI=1S/C34H38N4O5/c1-34(2,3)43-33(40)37-19-17-28(18-20-37)38-21-16-27(22-31(38)39)35-29-14-15-30(41-23-25-10-6-4-7-11-25)36-32(29)42-24-26-12-8-5-9-13-26/h4-16,21-22,28,35H,17-20,23-24H2,1-3H3. The molecule has 2 aromatic carbocycles. The highest BCUT2D eigenvalue weighted by atomic mass is 16.6. The van der Waals surface area contributed by atoms with Gasteiger partial charge in [-0.2, -0.15) is 4.98 Å². The van der Waals surface area contributed by atoms with Crippen LogP contribution in [0.25, 0.3) is 0 Å². The Morgan fingerprint density at radius 3 is 2.12 bits per heavy atom. The van der Waals surface area contributed by atoms with Crippen LogP contribution in [0.15, 0.2) is 95.9 Å². The van der Waals surface area contributed by atoms with E-state index in [2.05, 4.69) is 10.3 Å². The highest BCUT2D eigenvalue weighted by molar-refractivity contribution is 5.68. The van der Waals surface area contributed by atoms with Gasteiger partial charge in [0.05, 0.1) is 0 Å². The number of carbonyl (C=O) groups excluding carboxylic acids is 1. The van der Waals surface area contributed by atoms with Gasteiger partial charge in [0, 0.05) is 43.1 Å². The Morgan fingerprint density at radius 2 is 1.51 bits per heavy atom. The van der Waals surface area contributed by atoms with Gasteiger partial charge in [0.2, 0.25) is 11.8 Å². The van der Waals surface area contributed by atoms with Crippen LogP contribution < -0.4 is 20.3 Å². The second-order valence-electron chi connectivity index (χ2n) is 11.5. The number of nitrogens with zero attached hydrogens (tertiary/aromatic N) is 3. The molecule has 0 unspecified atom stereocenters. The number of hydrogen-bond acceptors (Lipinski definition) is 7. The van der Waals surface area contributed by atoms with Crippen LogP contribution in [0.2, 0.25) is 0 Å². The van der Waals surface area contributed by atoms with Crippen LogP contribution in [-0.4, -0.2) is 39.2 Å². The number of benzene rings is 2. The number of aromatic nitrogens is 2. The van der Waals surface area contributed by atoms with E-state index in [4.69, 9.17) is 14.2 Å². The van der Waals surface area contributed by atoms with Crippen molar-refractivity contribution in [2.45, 2.75) is 58.5 Å². The van der Waals surface area contributed by atoms with Gasteiger partial charge < -0.3 is 29.0 Å². The van der Waals surface area contributed by atoms with Gasteiger partial charge in [0.15, 0.2) is 0 Å². The number of hydrogen-bond donors (Lipinski definition) is 1. The minimum atomic E-state index is -0.537. The lowest BCUT2D eigenvalue weighted by molar-refractivity contribution is 0.0187. The van der Waals surface area contributed by atoms with E-state index in [0.717, 1.165) is 11.1 Å². The van der Waals surface area contributed by atoms with Gasteiger partial charge >= 0.3 is 6.09 Å². The summed E-state index contributed by atoms with van der Waals surface area (Å²) in [6, 6.07) is 26.8. The average Bonchev–Trinajstić information content (AvgIpc) is 3.00. The Balaban J connectivity index is 1.27. The number of amides is 1. The third-order valence-electron chi connectivity index (χ3n) is 7.02. The van der Waals surface area contributed by atoms with Gasteiger partial charge in [0.25, 0.3) is 5.56 Å². The zero-order chi connectivity index (χ0) is 30.2. The number of piperidine rings is 1. The third-order valence-corrected chi connectivity index (χ3v) is 7.02. The molecule has 1 aliphatic rings. The van der Waals surface area contributed by atoms with Crippen LogP contribution in [0.1, 0.15) is 50.8 Å². The summed E-state index contributed by atoms with van der Waals surface area (Å²) in [6.07, 6.45) is 2.84. The van der Waals surface area contributed by atoms with E-state index in [1.54, 1.807) is 27.8 Å². The van der Waals surface area contributed by atoms with Crippen molar-refractivity contribution >= 4 is 17.5 Å². The lowest BCUT2D eigenvalue weighted by atomic mass is 10.0. The highest BCUT2D eigenvalue weighted by Crippen LogP contribution is 2.30. The van der Waals surface area contributed by atoms with Crippen molar-refractivity contribution in [1.82, 2.24) is 14.5 Å². The molecule has 0 atom stereocenters. The lowest BCUT2D eigenvalue weighted by Crippen LogP contribution is -2.43. The second-order valence-corrected chi connectivity index (χ2v) is 11.5. The normalized spacial score (nSPS) is 13.8. The van der Waals surface area contributed by atoms with Gasteiger partial charge in [-0.3, -0.25) is 4.79 Å². The predicted molar refractivity (Wildman–Crippen MR) is 166 cm³/mol. The predicted octanol–water partition coefficient (Wildman–Crippen LogP) is 6.72. The molecule has 43 heavy (non-hydrogen) atoms. The number of rotatable bonds is 9. The van der Waals surface area contributed by atoms with E-state index >= 15 is 0 Å². The molecule has 1 fully saturated rings. The van der Waals surface area contributed by atoms with E-state index in [9.17, 15) is 9.59 Å². The van der Waals surface area contributed by atoms with Crippen LogP contribution in [0.4, 0.5) is 16.2 Å². The van der Waals surface area contributed by atoms with Crippen LogP contribution in [-0.2, 0) is 18.0 Å². The fourth-order valence-electron chi connectivity index (χ4n) is 4.84. The first kappa shape index (κ1) is 29.7. The summed E-state index contributed by atoms with van der Waals surface area (Å²) >= 11 is 0. The van der Waals surface area contributed by atoms with Crippen molar-refractivity contribution in [1.29, 1.82) is 0 Å². The fraction of sp³-hybridized carbons (Fsp3) is 0.324. The Labute approximate surface area is 252 Å². The zero-order valence-corrected chi connectivity index (χ0v) is 24.9. The SMILES string of the molecule is CC(C)(C)OC(=O)N1CCC(n2ccc(Nc3ccc(OCc4ccccc4)nc3OCc3ccccc3)cc2=O)CC1. The van der Waals surface area contributed by atoms with Gasteiger partial charge in [0.1, 0.15) is 24.5 Å². The molecule has 0 spiro atoms. The quantitative estimate of drug-likeness (QED) is 0.234. The number of anilines is 2. The molecule has 1 amide bonds. The van der Waals surface area contributed by atoms with E-state index in [-0.39, 0.29) is 17.7 Å². The maximum absolute atomic E-state index is 13.2. The monoisotopic (exact) mass is 582 g/mol. The first-order valence-corrected chi connectivity index (χ1v) is 14.6. The van der Waals surface area contributed by atoms with Crippen molar-refractivity contribution < 1.29 is 19.0 Å². The smallest absolute Gasteiger partial charge is 0.410 e. The molecule has 9 heteroatoms. The van der Waals surface area contributed by atoms with Crippen molar-refractivity contribution in [3.8, 4) is 11.8 Å². The van der Waals surface area contributed by atoms with Crippen molar-refractivity contribution in [3.05, 3.63) is 113 Å². The molecule has 0 aliphatic carbocycles. The van der Waals surface area contributed by atoms with E-state index in [0.29, 0.717) is 62.3 Å². The highest BCUT2D eigenvalue weighted by Gasteiger charge is 2.28. The van der Waals surface area contributed by atoms with Gasteiger partial charge in [-0.15, -0.1) is 0 Å². The molecule has 0 saturated carbocycles. The number of ether oxygens (including phenoxy) is 3. The lowest BCUT2D eigenvalue weighted by Gasteiger charge is -2.34. The summed E-state index contributed by atoms with van der Waals surface area (Å²) in [5, 5.41) is 3.30. The number of nitrogens with one attached hydrogen (secondary N) is 1.